The van der Waals surface area contributed by atoms with Crippen LogP contribution in [0.5, 0.6) is 0 Å². The first-order valence-electron chi connectivity index (χ1n) is 31.5. The summed E-state index contributed by atoms with van der Waals surface area (Å²) in [4.78, 5) is 30.3. The van der Waals surface area contributed by atoms with Crippen molar-refractivity contribution in [3.05, 3.63) is 11.6 Å². The maximum atomic E-state index is 15.7. The summed E-state index contributed by atoms with van der Waals surface area (Å²) in [6.45, 7) is 8.26. The molecule has 0 amide bonds. The van der Waals surface area contributed by atoms with Gasteiger partial charge >= 0.3 is 11.9 Å². The van der Waals surface area contributed by atoms with Crippen LogP contribution in [0.2, 0.25) is 0 Å². The Morgan fingerprint density at radius 1 is 0.467 bits per heavy atom. The third kappa shape index (κ3) is 11.6. The van der Waals surface area contributed by atoms with E-state index in [9.17, 15) is 96.7 Å². The van der Waals surface area contributed by atoms with Crippen molar-refractivity contribution >= 4 is 11.9 Å². The highest BCUT2D eigenvalue weighted by atomic mass is 16.8. The van der Waals surface area contributed by atoms with Crippen molar-refractivity contribution in [1.29, 1.82) is 0 Å². The first kappa shape index (κ1) is 70.4. The van der Waals surface area contributed by atoms with Gasteiger partial charge in [0, 0.05) is 0 Å². The molecule has 5 aliphatic heterocycles. The van der Waals surface area contributed by atoms with Crippen LogP contribution in [-0.4, -0.2) is 297 Å². The number of fused-ring (bicyclic) bond motifs is 7. The zero-order chi connectivity index (χ0) is 65.9. The van der Waals surface area contributed by atoms with Crippen LogP contribution in [0.1, 0.15) is 106 Å². The number of esters is 2. The van der Waals surface area contributed by atoms with Crippen molar-refractivity contribution in [3.8, 4) is 0 Å². The van der Waals surface area contributed by atoms with Crippen LogP contribution in [0.4, 0.5) is 0 Å². The van der Waals surface area contributed by atoms with Crippen LogP contribution in [-0.2, 0) is 57.0 Å². The van der Waals surface area contributed by atoms with Crippen LogP contribution < -0.4 is 0 Å². The van der Waals surface area contributed by atoms with Gasteiger partial charge in [0.2, 0.25) is 12.6 Å². The van der Waals surface area contributed by atoms with Crippen molar-refractivity contribution in [2.75, 3.05) is 33.0 Å². The Hall–Kier alpha value is -2.36. The Kier molecular flexibility index (Phi) is 20.5. The van der Waals surface area contributed by atoms with Gasteiger partial charge in [0.15, 0.2) is 18.9 Å². The van der Waals surface area contributed by atoms with Gasteiger partial charge in [0.05, 0.1) is 50.0 Å². The summed E-state index contributed by atoms with van der Waals surface area (Å²) >= 11 is 0. The van der Waals surface area contributed by atoms with Crippen LogP contribution in [0.15, 0.2) is 11.6 Å². The number of aliphatic hydroxyl groups excluding tert-OH is 18. The molecule has 30 nitrogen and oxygen atoms in total. The largest absolute Gasteiger partial charge is 0.432 e. The number of carbonyl (C=O) groups excluding carboxylic acids is 2. The van der Waals surface area contributed by atoms with Gasteiger partial charge < -0.3 is 139 Å². The van der Waals surface area contributed by atoms with E-state index in [0.717, 1.165) is 5.57 Å². The predicted octanol–water partition coefficient (Wildman–Crippen LogP) is -5.71. The molecular weight excluding hydrogens is 1200 g/mol. The number of rotatable bonds is 15. The molecule has 10 aliphatic rings. The molecule has 0 spiro atoms. The average Bonchev–Trinajstić information content (AvgIpc) is 0.676. The molecule has 3 unspecified atom stereocenters. The second-order valence-corrected chi connectivity index (χ2v) is 28.9. The summed E-state index contributed by atoms with van der Waals surface area (Å²) in [5.41, 5.74) is -3.75. The minimum absolute atomic E-state index is 0.0934. The molecule has 0 aromatic carbocycles. The topological polar surface area (TPSA) is 491 Å². The lowest BCUT2D eigenvalue weighted by atomic mass is 9.33. The second-order valence-electron chi connectivity index (χ2n) is 28.9. The molecule has 0 aromatic rings. The molecule has 5 aliphatic carbocycles. The Morgan fingerprint density at radius 3 is 1.53 bits per heavy atom. The molecule has 90 heavy (non-hydrogen) atoms. The molecule has 0 radical (unpaired) electrons. The van der Waals surface area contributed by atoms with E-state index in [2.05, 4.69) is 40.7 Å². The van der Waals surface area contributed by atoms with Gasteiger partial charge in [-0.3, -0.25) is 9.59 Å². The van der Waals surface area contributed by atoms with Gasteiger partial charge in [-0.25, -0.2) is 0 Å². The minimum Gasteiger partial charge on any atom is -0.432 e. The average molecular weight is 1300 g/mol. The lowest BCUT2D eigenvalue weighted by molar-refractivity contribution is -0.389. The zero-order valence-electron chi connectivity index (χ0n) is 51.4. The molecule has 9 fully saturated rings. The molecule has 5 heterocycles. The Balaban J connectivity index is 0.942. The van der Waals surface area contributed by atoms with E-state index in [4.69, 9.17) is 47.4 Å². The Bertz CT molecular complexity index is 2540. The maximum absolute atomic E-state index is 15.7. The number of carbonyl (C=O) groups is 2. The van der Waals surface area contributed by atoms with Gasteiger partial charge in [-0.1, -0.05) is 46.3 Å². The van der Waals surface area contributed by atoms with Crippen LogP contribution in [0, 0.1) is 50.2 Å². The van der Waals surface area contributed by atoms with E-state index >= 15 is 4.79 Å². The maximum Gasteiger partial charge on any atom is 0.317 e. The number of aliphatic hydroxyl groups is 18. The molecular formula is C60H96O30. The fourth-order valence-electron chi connectivity index (χ4n) is 17.7. The quantitative estimate of drug-likeness (QED) is 0.0537. The lowest BCUT2D eigenvalue weighted by Crippen LogP contribution is -2.68. The predicted molar refractivity (Wildman–Crippen MR) is 297 cm³/mol. The van der Waals surface area contributed by atoms with E-state index in [1.165, 1.54) is 0 Å². The summed E-state index contributed by atoms with van der Waals surface area (Å²) in [7, 11) is 0. The number of allylic oxidation sites excluding steroid dienone is 2. The van der Waals surface area contributed by atoms with E-state index in [1.807, 2.05) is 0 Å². The van der Waals surface area contributed by atoms with Crippen LogP contribution in [0.25, 0.3) is 0 Å². The Morgan fingerprint density at radius 2 is 0.944 bits per heavy atom. The van der Waals surface area contributed by atoms with Crippen molar-refractivity contribution in [2.24, 2.45) is 50.2 Å². The molecule has 5 saturated heterocycles. The van der Waals surface area contributed by atoms with Gasteiger partial charge in [0.25, 0.3) is 0 Å². The minimum atomic E-state index is -2.18. The summed E-state index contributed by atoms with van der Waals surface area (Å²) < 4.78 is 58.8. The highest BCUT2D eigenvalue weighted by Gasteiger charge is 2.72. The smallest absolute Gasteiger partial charge is 0.317 e. The second kappa shape index (κ2) is 26.2. The summed E-state index contributed by atoms with van der Waals surface area (Å²) in [6.07, 6.45) is -41.0. The van der Waals surface area contributed by atoms with Gasteiger partial charge in [-0.05, 0) is 111 Å². The normalized spacial score (nSPS) is 53.6. The number of hydrogen-bond acceptors (Lipinski definition) is 30. The van der Waals surface area contributed by atoms with E-state index < -0.39 is 244 Å². The summed E-state index contributed by atoms with van der Waals surface area (Å²) in [5.74, 6) is -2.67. The summed E-state index contributed by atoms with van der Waals surface area (Å²) in [6, 6.07) is 0. The van der Waals surface area contributed by atoms with Crippen molar-refractivity contribution in [2.45, 2.75) is 265 Å². The highest BCUT2D eigenvalue weighted by Crippen LogP contribution is 2.76. The molecule has 0 bridgehead atoms. The van der Waals surface area contributed by atoms with Gasteiger partial charge in [-0.2, -0.15) is 0 Å². The van der Waals surface area contributed by atoms with Crippen molar-refractivity contribution in [1.82, 2.24) is 0 Å². The van der Waals surface area contributed by atoms with Gasteiger partial charge in [0.1, 0.15) is 122 Å². The summed E-state index contributed by atoms with van der Waals surface area (Å²) in [5, 5.41) is 195. The third-order valence-electron chi connectivity index (χ3n) is 23.6. The van der Waals surface area contributed by atoms with Crippen LogP contribution in [0.3, 0.4) is 0 Å². The Labute approximate surface area is 519 Å². The first-order valence-corrected chi connectivity index (χ1v) is 31.5. The van der Waals surface area contributed by atoms with Crippen LogP contribution >= 0.6 is 0 Å². The molecule has 18 N–H and O–H groups in total. The monoisotopic (exact) mass is 1300 g/mol. The van der Waals surface area contributed by atoms with Crippen molar-refractivity contribution < 1.29 is 149 Å². The van der Waals surface area contributed by atoms with Crippen molar-refractivity contribution in [3.63, 3.8) is 0 Å². The van der Waals surface area contributed by atoms with Gasteiger partial charge in [-0.15, -0.1) is 0 Å². The third-order valence-corrected chi connectivity index (χ3v) is 23.6. The lowest BCUT2D eigenvalue weighted by Gasteiger charge is -2.71. The van der Waals surface area contributed by atoms with E-state index in [-0.39, 0.29) is 24.2 Å². The first-order chi connectivity index (χ1) is 42.2. The fourth-order valence-corrected chi connectivity index (χ4v) is 17.7. The molecule has 10 rings (SSSR count). The molecule has 516 valence electrons. The molecule has 0 aromatic heterocycles. The fraction of sp³-hybridized carbons (Fsp3) is 0.933. The van der Waals surface area contributed by atoms with E-state index in [1.54, 1.807) is 6.92 Å². The standard InChI is InChI=1S/C60H96O30/c1-55(2)13-15-60(16-14-57(4)23(24(60)17-55)7-8-30-56(3)11-10-32(65)59(6,31(56)9-12-58(30,57)5)53(79)89-50-44(77)40(73)35(68)27(20-63)84-50)54(80)90-51-45(78)46(37(70)29(86-51)22-81-48-42(75)38(71)33(66)25(18-61)82-48)87-52-47(41(74)36(69)28(21-64)85-52)88-49-43(76)39(72)34(67)26(19-62)83-49/h7,24-52,61-78H,8-22H2,1-6H3/t24?,25-,26-,27-,28-,29-,30?,31?,32+,33-,34-,35-,36+,37+,38+,39+,40+,41+,42-,43-,44-,45-,46+,47-,48-,49+,50+,51+,52+,56-,57-,58-,59+,60+/m1/s1. The molecule has 30 heteroatoms. The zero-order valence-corrected chi connectivity index (χ0v) is 51.4. The number of ether oxygens (including phenoxy) is 10. The highest BCUT2D eigenvalue weighted by molar-refractivity contribution is 5.79. The molecule has 34 atom stereocenters. The SMILES string of the molecule is CC1(C)CC[C@]2(C(=O)O[C@@H]3O[C@H](CO[C@@H]4O[C@H](CO)[C@@H](O)[C@H](O)[C@H]4O)[C@H](O)[C@H](O[C@@H]4O[C@H](CO)[C@H](O)[C@H](O)[C@H]4O[C@@H]4O[C@H](CO)[C@@H](O)[C@H](O)[C@H]4O)[C@H]3O)CC[C@]3(C)C(=CCC4[C@@]5(C)CC[C@H](O)[C@@](C)(C(=O)O[C@@H]6O[C@H](CO)[C@@H](O)[C@H](O)[C@H]6O)C5CC[C@]43C)C2C1. The molecule has 4 saturated carbocycles. The van der Waals surface area contributed by atoms with E-state index in [0.29, 0.717) is 51.4 Å². The number of hydrogen-bond donors (Lipinski definition) is 18.